The minimum absolute atomic E-state index is 0.379. The molecule has 1 heterocycles. The van der Waals surface area contributed by atoms with Gasteiger partial charge in [-0.25, -0.2) is 9.59 Å². The van der Waals surface area contributed by atoms with Crippen LogP contribution in [0.3, 0.4) is 0 Å². The van der Waals surface area contributed by atoms with Gasteiger partial charge >= 0.3 is 11.9 Å². The zero-order chi connectivity index (χ0) is 15.4. The molecule has 8 heteroatoms. The molecule has 0 saturated heterocycles. The molecule has 1 aromatic heterocycles. The van der Waals surface area contributed by atoms with Gasteiger partial charge in [0, 0.05) is 4.88 Å². The molecule has 2 N–H and O–H groups in total. The van der Waals surface area contributed by atoms with Crippen molar-refractivity contribution < 1.29 is 29.0 Å². The number of nitrogens with one attached hydrogen (secondary N) is 1. The van der Waals surface area contributed by atoms with Crippen LogP contribution < -0.4 is 5.32 Å². The molecule has 0 radical (unpaired) electrons. The maximum Gasteiger partial charge on any atom is 0.341 e. The van der Waals surface area contributed by atoms with E-state index in [4.69, 9.17) is 14.6 Å². The zero-order valence-corrected chi connectivity index (χ0v) is 12.2. The fourth-order valence-corrected chi connectivity index (χ4v) is 3.50. The minimum Gasteiger partial charge on any atom is -0.480 e. The van der Waals surface area contributed by atoms with Crippen LogP contribution in [-0.2, 0) is 31.9 Å². The highest BCUT2D eigenvalue weighted by molar-refractivity contribution is 7.17. The molecule has 0 aromatic carbocycles. The second-order valence-electron chi connectivity index (χ2n) is 4.49. The van der Waals surface area contributed by atoms with Gasteiger partial charge in [-0.15, -0.1) is 11.3 Å². The summed E-state index contributed by atoms with van der Waals surface area (Å²) in [5.41, 5.74) is 1.34. The molecule has 1 aromatic rings. The van der Waals surface area contributed by atoms with Crippen molar-refractivity contribution in [3.8, 4) is 0 Å². The van der Waals surface area contributed by atoms with E-state index < -0.39 is 24.5 Å². The molecule has 0 bridgehead atoms. The summed E-state index contributed by atoms with van der Waals surface area (Å²) in [7, 11) is 1.29. The van der Waals surface area contributed by atoms with E-state index in [9.17, 15) is 14.4 Å². The summed E-state index contributed by atoms with van der Waals surface area (Å²) < 4.78 is 9.47. The van der Waals surface area contributed by atoms with E-state index in [-0.39, 0.29) is 6.61 Å². The molecule has 0 saturated carbocycles. The molecule has 0 fully saturated rings. The van der Waals surface area contributed by atoms with E-state index in [1.54, 1.807) is 0 Å². The number of aliphatic carboxylic acids is 1. The van der Waals surface area contributed by atoms with Gasteiger partial charge in [-0.3, -0.25) is 4.79 Å². The summed E-state index contributed by atoms with van der Waals surface area (Å²) in [6.07, 6.45) is 2.66. The van der Waals surface area contributed by atoms with E-state index in [0.29, 0.717) is 10.6 Å². The van der Waals surface area contributed by atoms with Crippen molar-refractivity contribution in [3.63, 3.8) is 0 Å². The van der Waals surface area contributed by atoms with Crippen molar-refractivity contribution >= 4 is 34.2 Å². The van der Waals surface area contributed by atoms with Crippen molar-refractivity contribution in [1.82, 2.24) is 0 Å². The third-order valence-electron chi connectivity index (χ3n) is 3.02. The molecule has 1 aliphatic carbocycles. The number of carbonyl (C=O) groups excluding carboxylic acids is 2. The lowest BCUT2D eigenvalue weighted by atomic mass is 10.1. The van der Waals surface area contributed by atoms with Gasteiger partial charge in [0.1, 0.15) is 18.2 Å². The predicted molar refractivity (Wildman–Crippen MR) is 74.8 cm³/mol. The molecule has 21 heavy (non-hydrogen) atoms. The number of hydrogen-bond donors (Lipinski definition) is 2. The van der Waals surface area contributed by atoms with Gasteiger partial charge in [0.25, 0.3) is 5.91 Å². The molecular formula is C13H15NO6S. The van der Waals surface area contributed by atoms with Crippen LogP contribution in [-0.4, -0.2) is 43.3 Å². The monoisotopic (exact) mass is 313 g/mol. The lowest BCUT2D eigenvalue weighted by molar-refractivity contribution is -0.143. The highest BCUT2D eigenvalue weighted by Crippen LogP contribution is 2.39. The van der Waals surface area contributed by atoms with Crippen LogP contribution in [0.15, 0.2) is 0 Å². The second-order valence-corrected chi connectivity index (χ2v) is 5.59. The largest absolute Gasteiger partial charge is 0.480 e. The fourth-order valence-electron chi connectivity index (χ4n) is 2.20. The molecule has 0 atom stereocenters. The van der Waals surface area contributed by atoms with Gasteiger partial charge in [0.2, 0.25) is 0 Å². The molecule has 0 unspecified atom stereocenters. The van der Waals surface area contributed by atoms with E-state index >= 15 is 0 Å². The summed E-state index contributed by atoms with van der Waals surface area (Å²) in [4.78, 5) is 35.0. The Balaban J connectivity index is 2.08. The summed E-state index contributed by atoms with van der Waals surface area (Å²) >= 11 is 1.36. The van der Waals surface area contributed by atoms with E-state index in [1.165, 1.54) is 18.4 Å². The van der Waals surface area contributed by atoms with Crippen LogP contribution in [0.1, 0.15) is 27.2 Å². The number of carbonyl (C=O) groups is 3. The standard InChI is InChI=1S/C13H15NO6S/c1-19-13(18)11-7-3-2-4-8(7)21-12(11)14-9(15)5-20-6-10(16)17/h2-6H2,1H3,(H,14,15)(H,16,17). The molecule has 1 aliphatic rings. The first-order valence-electron chi connectivity index (χ1n) is 6.35. The Hall–Kier alpha value is -1.93. The number of aryl methyl sites for hydroxylation is 1. The summed E-state index contributed by atoms with van der Waals surface area (Å²) in [5.74, 6) is -2.12. The van der Waals surface area contributed by atoms with Crippen molar-refractivity contribution in [2.24, 2.45) is 0 Å². The average molecular weight is 313 g/mol. The quantitative estimate of drug-likeness (QED) is 0.762. The molecular weight excluding hydrogens is 298 g/mol. The van der Waals surface area contributed by atoms with Gasteiger partial charge in [0.15, 0.2) is 0 Å². The molecule has 2 rings (SSSR count). The third kappa shape index (κ3) is 3.59. The highest BCUT2D eigenvalue weighted by atomic mass is 32.1. The molecule has 0 aliphatic heterocycles. The number of anilines is 1. The Kier molecular flexibility index (Phi) is 4.92. The van der Waals surface area contributed by atoms with Crippen molar-refractivity contribution in [1.29, 1.82) is 0 Å². The number of amides is 1. The first-order valence-corrected chi connectivity index (χ1v) is 7.16. The maximum atomic E-state index is 11.9. The van der Waals surface area contributed by atoms with Crippen molar-refractivity contribution in [2.75, 3.05) is 25.6 Å². The van der Waals surface area contributed by atoms with Gasteiger partial charge < -0.3 is 19.9 Å². The van der Waals surface area contributed by atoms with Crippen LogP contribution in [0, 0.1) is 0 Å². The first kappa shape index (κ1) is 15.5. The Morgan fingerprint density at radius 2 is 2.05 bits per heavy atom. The highest BCUT2D eigenvalue weighted by Gasteiger charge is 2.27. The minimum atomic E-state index is -1.15. The fraction of sp³-hybridized carbons (Fsp3) is 0.462. The van der Waals surface area contributed by atoms with Gasteiger partial charge in [-0.2, -0.15) is 0 Å². The second kappa shape index (κ2) is 6.68. The van der Waals surface area contributed by atoms with E-state index in [1.807, 2.05) is 0 Å². The van der Waals surface area contributed by atoms with Crippen LogP contribution in [0.2, 0.25) is 0 Å². The number of hydrogen-bond acceptors (Lipinski definition) is 6. The number of esters is 1. The van der Waals surface area contributed by atoms with Crippen molar-refractivity contribution in [2.45, 2.75) is 19.3 Å². The number of carboxylic acids is 1. The summed E-state index contributed by atoms with van der Waals surface area (Å²) in [6, 6.07) is 0. The maximum absolute atomic E-state index is 11.9. The molecule has 1 amide bonds. The normalized spacial score (nSPS) is 12.8. The molecule has 7 nitrogen and oxygen atoms in total. The predicted octanol–water partition coefficient (Wildman–Crippen LogP) is 1.06. The molecule has 114 valence electrons. The number of methoxy groups -OCH3 is 1. The van der Waals surface area contributed by atoms with Gasteiger partial charge in [0.05, 0.1) is 12.7 Å². The Bertz CT molecular complexity index is 579. The number of carboxylic acid groups (broad SMARTS) is 1. The lowest BCUT2D eigenvalue weighted by Crippen LogP contribution is -2.21. The average Bonchev–Trinajstić information content (AvgIpc) is 2.97. The van der Waals surface area contributed by atoms with E-state index in [2.05, 4.69) is 5.32 Å². The van der Waals surface area contributed by atoms with Crippen LogP contribution in [0.25, 0.3) is 0 Å². The lowest BCUT2D eigenvalue weighted by Gasteiger charge is -2.06. The number of thiophene rings is 1. The third-order valence-corrected chi connectivity index (χ3v) is 4.23. The topological polar surface area (TPSA) is 102 Å². The number of ether oxygens (including phenoxy) is 2. The summed E-state index contributed by atoms with van der Waals surface area (Å²) in [5, 5.41) is 11.5. The van der Waals surface area contributed by atoms with Crippen LogP contribution >= 0.6 is 11.3 Å². The summed E-state index contributed by atoms with van der Waals surface area (Å²) in [6.45, 7) is -0.923. The van der Waals surface area contributed by atoms with Crippen LogP contribution in [0.5, 0.6) is 0 Å². The SMILES string of the molecule is COC(=O)c1c(NC(=O)COCC(=O)O)sc2c1CCC2. The molecule has 0 spiro atoms. The first-order chi connectivity index (χ1) is 10.0. The Morgan fingerprint density at radius 3 is 2.71 bits per heavy atom. The van der Waals surface area contributed by atoms with Gasteiger partial charge in [-0.05, 0) is 24.8 Å². The number of rotatable bonds is 6. The Morgan fingerprint density at radius 1 is 1.29 bits per heavy atom. The van der Waals surface area contributed by atoms with Crippen LogP contribution in [0.4, 0.5) is 5.00 Å². The van der Waals surface area contributed by atoms with E-state index in [0.717, 1.165) is 29.7 Å². The smallest absolute Gasteiger partial charge is 0.341 e. The van der Waals surface area contributed by atoms with Crippen molar-refractivity contribution in [3.05, 3.63) is 16.0 Å². The zero-order valence-electron chi connectivity index (χ0n) is 11.4. The van der Waals surface area contributed by atoms with Gasteiger partial charge in [-0.1, -0.05) is 0 Å². The number of fused-ring (bicyclic) bond motifs is 1. The Labute approximate surface area is 124 Å².